The Balaban J connectivity index is 1.33. The molecule has 12 nitrogen and oxygen atoms in total. The van der Waals surface area contributed by atoms with E-state index >= 15 is 0 Å². The van der Waals surface area contributed by atoms with Gasteiger partial charge in [0.1, 0.15) is 23.8 Å². The highest BCUT2D eigenvalue weighted by molar-refractivity contribution is 6.34. The summed E-state index contributed by atoms with van der Waals surface area (Å²) in [5, 5.41) is 13.4. The van der Waals surface area contributed by atoms with Gasteiger partial charge in [-0.25, -0.2) is 9.97 Å². The number of piperidine rings is 1. The van der Waals surface area contributed by atoms with E-state index in [1.807, 2.05) is 0 Å². The van der Waals surface area contributed by atoms with E-state index in [1.54, 1.807) is 19.3 Å². The second-order valence-electron chi connectivity index (χ2n) is 10.5. The van der Waals surface area contributed by atoms with Crippen LogP contribution in [0.3, 0.4) is 0 Å². The Hall–Kier alpha value is -4.13. The number of amides is 2. The highest BCUT2D eigenvalue weighted by Crippen LogP contribution is 2.38. The van der Waals surface area contributed by atoms with Gasteiger partial charge in [0.15, 0.2) is 0 Å². The number of nitrogens with two attached hydrogens (primary N) is 1. The number of aromatic nitrogens is 4. The van der Waals surface area contributed by atoms with Crippen molar-refractivity contribution in [2.24, 2.45) is 12.8 Å². The average Bonchev–Trinajstić information content (AvgIpc) is 3.27. The predicted octanol–water partition coefficient (Wildman–Crippen LogP) is 2.44. The molecule has 2 atom stereocenters. The number of aromatic hydroxyl groups is 1. The van der Waals surface area contributed by atoms with Gasteiger partial charge in [-0.2, -0.15) is 0 Å². The van der Waals surface area contributed by atoms with Crippen LogP contribution in [0.2, 0.25) is 10.0 Å². The fraction of sp³-hybridized carbons (Fsp3) is 0.296. The average molecular weight is 597 g/mol. The van der Waals surface area contributed by atoms with Gasteiger partial charge in [-0.3, -0.25) is 14.4 Å². The molecule has 3 fully saturated rings. The van der Waals surface area contributed by atoms with Crippen molar-refractivity contribution in [3.63, 3.8) is 0 Å². The monoisotopic (exact) mass is 596 g/mol. The Bertz CT molecular complexity index is 1790. The Labute approximate surface area is 243 Å². The number of likely N-dealkylation sites (N-methyl/N-ethyl adjacent to an activating group) is 1. The van der Waals surface area contributed by atoms with Crippen molar-refractivity contribution in [1.82, 2.24) is 24.0 Å². The summed E-state index contributed by atoms with van der Waals surface area (Å²) in [6.07, 6.45) is 5.57. The van der Waals surface area contributed by atoms with Crippen LogP contribution in [-0.4, -0.2) is 73.1 Å². The van der Waals surface area contributed by atoms with E-state index in [0.29, 0.717) is 33.9 Å². The van der Waals surface area contributed by atoms with Gasteiger partial charge in [-0.1, -0.05) is 23.2 Å². The molecule has 41 heavy (non-hydrogen) atoms. The first-order valence-corrected chi connectivity index (χ1v) is 13.6. The van der Waals surface area contributed by atoms with E-state index in [4.69, 9.17) is 28.9 Å². The fourth-order valence-electron chi connectivity index (χ4n) is 5.75. The summed E-state index contributed by atoms with van der Waals surface area (Å²) in [5.74, 6) is -0.991. The molecular weight excluding hydrogens is 571 g/mol. The van der Waals surface area contributed by atoms with Crippen molar-refractivity contribution < 1.29 is 14.7 Å². The summed E-state index contributed by atoms with van der Waals surface area (Å²) in [5.41, 5.74) is 6.23. The molecule has 0 radical (unpaired) electrons. The number of fused-ring (bicyclic) bond motifs is 3. The number of pyridine rings is 1. The standard InChI is InChI=1S/C27H26Cl2N8O4/c1-34-8-14-5-15(9-34)37(14)21-6-20(19(29)7-31-21)33-22(38)11-36-10-17(23-26(36)32-12-35(2)27(23)41)13-3-16(25(30)40)24(39)18(28)4-13/h3-4,6-7,10,12,14-15,39H,5,8-9,11H2,1-2H3,(H2,30,40)(H,31,33,38). The molecule has 2 amide bonds. The van der Waals surface area contributed by atoms with E-state index in [-0.39, 0.29) is 33.7 Å². The first-order chi connectivity index (χ1) is 19.5. The molecule has 0 spiro atoms. The number of nitrogens with zero attached hydrogens (tertiary/aromatic N) is 6. The van der Waals surface area contributed by atoms with Gasteiger partial charge < -0.3 is 35.1 Å². The summed E-state index contributed by atoms with van der Waals surface area (Å²) < 4.78 is 2.83. The number of carbonyl (C=O) groups is 2. The van der Waals surface area contributed by atoms with Crippen LogP contribution < -0.4 is 21.5 Å². The number of primary amides is 1. The van der Waals surface area contributed by atoms with Gasteiger partial charge in [0, 0.05) is 50.0 Å². The largest absolute Gasteiger partial charge is 0.506 e. The zero-order chi connectivity index (χ0) is 29.2. The number of phenols is 1. The summed E-state index contributed by atoms with van der Waals surface area (Å²) in [6.45, 7) is 1.70. The third-order valence-corrected chi connectivity index (χ3v) is 8.24. The van der Waals surface area contributed by atoms with Crippen LogP contribution in [0.5, 0.6) is 5.75 Å². The third-order valence-electron chi connectivity index (χ3n) is 7.65. The summed E-state index contributed by atoms with van der Waals surface area (Å²) >= 11 is 12.6. The summed E-state index contributed by atoms with van der Waals surface area (Å²) in [4.78, 5) is 51.8. The highest BCUT2D eigenvalue weighted by atomic mass is 35.5. The maximum Gasteiger partial charge on any atom is 0.263 e. The van der Waals surface area contributed by atoms with E-state index in [0.717, 1.165) is 25.3 Å². The number of halogens is 2. The maximum atomic E-state index is 13.3. The van der Waals surface area contributed by atoms with Gasteiger partial charge in [0.2, 0.25) is 5.91 Å². The van der Waals surface area contributed by atoms with Crippen molar-refractivity contribution in [3.05, 3.63) is 62.9 Å². The van der Waals surface area contributed by atoms with Crippen molar-refractivity contribution in [1.29, 1.82) is 0 Å². The topological polar surface area (TPSA) is 152 Å². The van der Waals surface area contributed by atoms with Crippen molar-refractivity contribution in [2.45, 2.75) is 25.0 Å². The van der Waals surface area contributed by atoms with Crippen molar-refractivity contribution >= 4 is 57.6 Å². The van der Waals surface area contributed by atoms with Gasteiger partial charge in [0.05, 0.1) is 39.2 Å². The number of rotatable bonds is 6. The molecule has 4 N–H and O–H groups in total. The lowest BCUT2D eigenvalue weighted by atomic mass is 9.87. The van der Waals surface area contributed by atoms with Gasteiger partial charge >= 0.3 is 0 Å². The first kappa shape index (κ1) is 27.1. The van der Waals surface area contributed by atoms with Crippen LogP contribution in [0.15, 0.2) is 41.7 Å². The summed E-state index contributed by atoms with van der Waals surface area (Å²) in [6, 6.07) is 5.28. The molecule has 0 saturated carbocycles. The molecular formula is C27H26Cl2N8O4. The lowest BCUT2D eigenvalue weighted by Gasteiger charge is -2.56. The smallest absolute Gasteiger partial charge is 0.263 e. The Morgan fingerprint density at radius 3 is 2.56 bits per heavy atom. The molecule has 14 heteroatoms. The van der Waals surface area contributed by atoms with Crippen LogP contribution in [0.4, 0.5) is 11.5 Å². The van der Waals surface area contributed by atoms with E-state index in [2.05, 4.69) is 32.1 Å². The van der Waals surface area contributed by atoms with Gasteiger partial charge in [0.25, 0.3) is 11.5 Å². The Kier molecular flexibility index (Phi) is 6.63. The second-order valence-corrected chi connectivity index (χ2v) is 11.3. The molecule has 6 heterocycles. The fourth-order valence-corrected chi connectivity index (χ4v) is 6.12. The SMILES string of the molecule is CN1CC2CC(C1)N2c1cc(NC(=O)Cn2cc(-c3cc(Cl)c(O)c(C(N)=O)c3)c3c(=O)n(C)cnc32)c(Cl)cn1. The zero-order valence-electron chi connectivity index (χ0n) is 22.1. The second kappa shape index (κ2) is 10.1. The van der Waals surface area contributed by atoms with E-state index < -0.39 is 17.6 Å². The van der Waals surface area contributed by atoms with Gasteiger partial charge in [-0.05, 0) is 31.2 Å². The molecule has 2 unspecified atom stereocenters. The summed E-state index contributed by atoms with van der Waals surface area (Å²) in [7, 11) is 3.65. The third kappa shape index (κ3) is 4.67. The minimum Gasteiger partial charge on any atom is -0.506 e. The molecule has 3 saturated heterocycles. The van der Waals surface area contributed by atoms with E-state index in [1.165, 1.54) is 33.8 Å². The number of piperazine rings is 1. The number of anilines is 2. The lowest BCUT2D eigenvalue weighted by Crippen LogP contribution is -2.68. The van der Waals surface area contributed by atoms with Crippen LogP contribution in [-0.2, 0) is 18.4 Å². The van der Waals surface area contributed by atoms with Crippen LogP contribution >= 0.6 is 23.2 Å². The van der Waals surface area contributed by atoms with E-state index in [9.17, 15) is 19.5 Å². The van der Waals surface area contributed by atoms with Crippen LogP contribution in [0, 0.1) is 0 Å². The maximum absolute atomic E-state index is 13.3. The number of nitrogens with one attached hydrogen (secondary N) is 1. The number of benzene rings is 1. The number of hydrogen-bond acceptors (Lipinski definition) is 8. The molecule has 3 aliphatic rings. The van der Waals surface area contributed by atoms with Crippen molar-refractivity contribution in [3.8, 4) is 16.9 Å². The minimum absolute atomic E-state index is 0.114. The molecule has 7 rings (SSSR count). The molecule has 1 aromatic carbocycles. The predicted molar refractivity (Wildman–Crippen MR) is 156 cm³/mol. The molecule has 2 bridgehead atoms. The zero-order valence-corrected chi connectivity index (χ0v) is 23.6. The quantitative estimate of drug-likeness (QED) is 0.307. The van der Waals surface area contributed by atoms with Crippen molar-refractivity contribution in [2.75, 3.05) is 30.4 Å². The molecule has 3 aromatic heterocycles. The molecule has 0 aliphatic carbocycles. The normalized spacial score (nSPS) is 18.4. The lowest BCUT2D eigenvalue weighted by molar-refractivity contribution is -0.116. The number of hydrogen-bond donors (Lipinski definition) is 3. The Morgan fingerprint density at radius 2 is 1.85 bits per heavy atom. The molecule has 4 aromatic rings. The molecule has 3 aliphatic heterocycles. The van der Waals surface area contributed by atoms with Crippen LogP contribution in [0.25, 0.3) is 22.2 Å². The number of aryl methyl sites for hydroxylation is 1. The number of carbonyl (C=O) groups excluding carboxylic acids is 2. The van der Waals surface area contributed by atoms with Gasteiger partial charge in [-0.15, -0.1) is 0 Å². The first-order valence-electron chi connectivity index (χ1n) is 12.8. The van der Waals surface area contributed by atoms with Crippen LogP contribution in [0.1, 0.15) is 16.8 Å². The Morgan fingerprint density at radius 1 is 1.12 bits per heavy atom. The molecule has 212 valence electrons. The minimum atomic E-state index is -0.886. The highest BCUT2D eigenvalue weighted by Gasteiger charge is 2.44.